The molecule has 0 aromatic heterocycles. The Morgan fingerprint density at radius 1 is 0.884 bits per heavy atom. The molecule has 0 aliphatic carbocycles. The fraction of sp³-hybridized carbons (Fsp3) is 0.444. The summed E-state index contributed by atoms with van der Waals surface area (Å²) in [5.74, 6) is 0.173. The summed E-state index contributed by atoms with van der Waals surface area (Å²) in [5, 5.41) is 2.41. The van der Waals surface area contributed by atoms with E-state index in [0.29, 0.717) is 26.2 Å². The van der Waals surface area contributed by atoms with Crippen molar-refractivity contribution in [3.05, 3.63) is 103 Å². The predicted molar refractivity (Wildman–Crippen MR) is 172 cm³/mol. The van der Waals surface area contributed by atoms with Gasteiger partial charge in [-0.05, 0) is 47.0 Å². The van der Waals surface area contributed by atoms with Crippen LogP contribution in [-0.2, 0) is 30.0 Å². The molecule has 4 atom stereocenters. The molecule has 0 bridgehead atoms. The van der Waals surface area contributed by atoms with Gasteiger partial charge in [0.2, 0.25) is 0 Å². The summed E-state index contributed by atoms with van der Waals surface area (Å²) >= 11 is 0. The molecule has 2 fully saturated rings. The van der Waals surface area contributed by atoms with Gasteiger partial charge < -0.3 is 28.1 Å². The van der Waals surface area contributed by atoms with Crippen LogP contribution < -0.4 is 15.1 Å². The van der Waals surface area contributed by atoms with Gasteiger partial charge in [-0.15, -0.1) is 0 Å². The van der Waals surface area contributed by atoms with Crippen LogP contribution in [0.2, 0.25) is 5.04 Å². The molecule has 2 saturated heterocycles. The third kappa shape index (κ3) is 7.31. The molecule has 0 spiro atoms. The highest BCUT2D eigenvalue weighted by Crippen LogP contribution is 2.40. The van der Waals surface area contributed by atoms with Crippen molar-refractivity contribution in [1.82, 2.24) is 0 Å². The van der Waals surface area contributed by atoms with Crippen LogP contribution in [0.4, 0.5) is 0 Å². The zero-order valence-electron chi connectivity index (χ0n) is 26.3. The maximum Gasteiger partial charge on any atom is 0.261 e. The minimum absolute atomic E-state index is 0.0774. The molecule has 0 amide bonds. The van der Waals surface area contributed by atoms with Gasteiger partial charge in [-0.1, -0.05) is 106 Å². The summed E-state index contributed by atoms with van der Waals surface area (Å²) in [6, 6.07) is 29.4. The van der Waals surface area contributed by atoms with Crippen molar-refractivity contribution in [2.45, 2.75) is 82.9 Å². The van der Waals surface area contributed by atoms with E-state index in [-0.39, 0.29) is 29.5 Å². The van der Waals surface area contributed by atoms with Crippen molar-refractivity contribution in [1.29, 1.82) is 0 Å². The maximum atomic E-state index is 7.22. The third-order valence-corrected chi connectivity index (χ3v) is 13.3. The van der Waals surface area contributed by atoms with Gasteiger partial charge in [0.05, 0.1) is 39.1 Å². The number of methoxy groups -OCH3 is 1. The number of benzene rings is 3. The average Bonchev–Trinajstić information content (AvgIpc) is 3.32. The van der Waals surface area contributed by atoms with E-state index in [1.54, 1.807) is 7.11 Å². The number of hydrogen-bond donors (Lipinski definition) is 0. The molecular weight excluding hydrogens is 556 g/mol. The van der Waals surface area contributed by atoms with Gasteiger partial charge in [0.1, 0.15) is 18.0 Å². The van der Waals surface area contributed by atoms with E-state index in [0.717, 1.165) is 11.3 Å². The van der Waals surface area contributed by atoms with Crippen LogP contribution in [0.15, 0.2) is 97.1 Å². The zero-order chi connectivity index (χ0) is 30.5. The Labute approximate surface area is 258 Å². The number of ether oxygens (including phenoxy) is 5. The molecule has 0 N–H and O–H groups in total. The van der Waals surface area contributed by atoms with Gasteiger partial charge in [0, 0.05) is 6.42 Å². The lowest BCUT2D eigenvalue weighted by Crippen LogP contribution is -2.67. The lowest BCUT2D eigenvalue weighted by Gasteiger charge is -2.44. The van der Waals surface area contributed by atoms with Crippen molar-refractivity contribution in [3.63, 3.8) is 0 Å². The molecule has 0 unspecified atom stereocenters. The highest BCUT2D eigenvalue weighted by molar-refractivity contribution is 6.99. The largest absolute Gasteiger partial charge is 0.497 e. The second-order valence-corrected chi connectivity index (χ2v) is 17.2. The smallest absolute Gasteiger partial charge is 0.261 e. The molecule has 2 heterocycles. The van der Waals surface area contributed by atoms with Crippen LogP contribution in [0.3, 0.4) is 0 Å². The molecule has 6 nitrogen and oxygen atoms in total. The van der Waals surface area contributed by atoms with Crippen LogP contribution in [0, 0.1) is 0 Å². The predicted octanol–water partition coefficient (Wildman–Crippen LogP) is 6.02. The molecule has 2 aliphatic rings. The molecular formula is C36H46O6Si. The first kappa shape index (κ1) is 31.6. The summed E-state index contributed by atoms with van der Waals surface area (Å²) in [5.41, 5.74) is 1.10. The van der Waals surface area contributed by atoms with E-state index < -0.39 is 14.1 Å². The highest BCUT2D eigenvalue weighted by atomic mass is 28.4. The molecule has 5 rings (SSSR count). The fourth-order valence-corrected chi connectivity index (χ4v) is 10.9. The average molecular weight is 603 g/mol. The molecule has 0 radical (unpaired) electrons. The minimum Gasteiger partial charge on any atom is -0.497 e. The Kier molecular flexibility index (Phi) is 9.91. The van der Waals surface area contributed by atoms with Crippen LogP contribution in [-0.4, -0.2) is 58.8 Å². The summed E-state index contributed by atoms with van der Waals surface area (Å²) in [6.45, 7) is 12.3. The van der Waals surface area contributed by atoms with Gasteiger partial charge in [-0.2, -0.15) is 0 Å². The second-order valence-electron chi connectivity index (χ2n) is 12.9. The van der Waals surface area contributed by atoms with Crippen LogP contribution in [0.25, 0.3) is 0 Å². The van der Waals surface area contributed by atoms with Crippen LogP contribution >= 0.6 is 0 Å². The van der Waals surface area contributed by atoms with Crippen molar-refractivity contribution in [3.8, 4) is 5.75 Å². The van der Waals surface area contributed by atoms with Crippen molar-refractivity contribution in [2.24, 2.45) is 0 Å². The third-order valence-electron chi connectivity index (χ3n) is 8.26. The van der Waals surface area contributed by atoms with Gasteiger partial charge in [0.15, 0.2) is 5.79 Å². The molecule has 3 aromatic rings. The quantitative estimate of drug-likeness (QED) is 0.152. The van der Waals surface area contributed by atoms with E-state index in [2.05, 4.69) is 87.5 Å². The Balaban J connectivity index is 1.31. The van der Waals surface area contributed by atoms with Crippen molar-refractivity contribution >= 4 is 18.7 Å². The topological polar surface area (TPSA) is 55.4 Å². The molecule has 7 heteroatoms. The lowest BCUT2D eigenvalue weighted by molar-refractivity contribution is -0.152. The van der Waals surface area contributed by atoms with E-state index in [1.165, 1.54) is 10.4 Å². The first-order chi connectivity index (χ1) is 20.6. The first-order valence-corrected chi connectivity index (χ1v) is 17.2. The fourth-order valence-electron chi connectivity index (χ4n) is 6.34. The Morgan fingerprint density at radius 2 is 1.51 bits per heavy atom. The molecule has 2 aliphatic heterocycles. The summed E-state index contributed by atoms with van der Waals surface area (Å²) < 4.78 is 37.8. The second kappa shape index (κ2) is 13.5. The summed E-state index contributed by atoms with van der Waals surface area (Å²) in [6.07, 6.45) is 4.12. The molecule has 0 saturated carbocycles. The van der Waals surface area contributed by atoms with E-state index >= 15 is 0 Å². The number of fused-ring (bicyclic) bond motifs is 1. The Bertz CT molecular complexity index is 1280. The molecule has 43 heavy (non-hydrogen) atoms. The number of rotatable bonds is 11. The monoisotopic (exact) mass is 602 g/mol. The lowest BCUT2D eigenvalue weighted by atomic mass is 9.98. The van der Waals surface area contributed by atoms with Gasteiger partial charge in [-0.3, -0.25) is 0 Å². The molecule has 230 valence electrons. The van der Waals surface area contributed by atoms with Gasteiger partial charge >= 0.3 is 0 Å². The zero-order valence-corrected chi connectivity index (χ0v) is 27.3. The van der Waals surface area contributed by atoms with Gasteiger partial charge in [-0.25, -0.2) is 0 Å². The standard InChI is InChI=1S/C36H46O6Si/c1-35(2,3)43(30-14-9-7-10-15-30,31-16-11-8-12-17-31)39-26-29-24-33-34(42-36(4,5)41-33)32(40-29)18-13-23-38-25-27-19-21-28(37-6)22-20-27/h7-22,29,32-34H,23-26H2,1-6H3/b18-13+/t29-,32+,33-,34+/m0/s1. The summed E-state index contributed by atoms with van der Waals surface area (Å²) in [7, 11) is -1.02. The Morgan fingerprint density at radius 3 is 2.09 bits per heavy atom. The van der Waals surface area contributed by atoms with E-state index in [9.17, 15) is 0 Å². The van der Waals surface area contributed by atoms with E-state index in [1.807, 2.05) is 44.2 Å². The van der Waals surface area contributed by atoms with Crippen molar-refractivity contribution < 1.29 is 28.1 Å². The molecule has 3 aromatic carbocycles. The first-order valence-electron chi connectivity index (χ1n) is 15.2. The van der Waals surface area contributed by atoms with Gasteiger partial charge in [0.25, 0.3) is 8.32 Å². The van der Waals surface area contributed by atoms with Crippen LogP contribution in [0.1, 0.15) is 46.6 Å². The number of hydrogen-bond acceptors (Lipinski definition) is 6. The minimum atomic E-state index is -2.69. The summed E-state index contributed by atoms with van der Waals surface area (Å²) in [4.78, 5) is 0. The normalized spacial score (nSPS) is 23.8. The Hall–Kier alpha value is -2.78. The van der Waals surface area contributed by atoms with Crippen LogP contribution in [0.5, 0.6) is 5.75 Å². The highest BCUT2D eigenvalue weighted by Gasteiger charge is 2.53. The van der Waals surface area contributed by atoms with E-state index in [4.69, 9.17) is 28.1 Å². The SMILES string of the molecule is COc1ccc(COC/C=C/[C@H]2O[C@H](CO[Si](c3ccccc3)(c3ccccc3)C(C)(C)C)C[C@@H]3OC(C)(C)O[C@@H]32)cc1. The maximum absolute atomic E-state index is 7.22. The van der Waals surface area contributed by atoms with Crippen molar-refractivity contribution in [2.75, 3.05) is 20.3 Å².